The normalized spacial score (nSPS) is 12.5. The quantitative estimate of drug-likeness (QED) is 0.0373. The molecule has 1 atom stereocenters. The standard InChI is InChI=1S/C43H78O5/c1-4-7-10-13-15-17-19-20-21-22-23-24-25-26-28-31-33-36-42(44)47-40-41(48-43(45)37-34-30-12-9-6-3)39-46-38-35-32-29-27-18-16-14-11-8-5-2/h7,10,15,17,20-21,41H,4-6,8-9,11-14,16,18-19,22-40H2,1-3H3/b10-7-,17-15-,21-20-. The van der Waals surface area contributed by atoms with Crippen LogP contribution in [0.1, 0.15) is 201 Å². The van der Waals surface area contributed by atoms with E-state index in [-0.39, 0.29) is 25.2 Å². The van der Waals surface area contributed by atoms with Crippen LogP contribution in [0.4, 0.5) is 0 Å². The number of allylic oxidation sites excluding steroid dienone is 6. The second kappa shape index (κ2) is 39.6. The minimum Gasteiger partial charge on any atom is -0.462 e. The molecule has 0 aromatic heterocycles. The lowest BCUT2D eigenvalue weighted by molar-refractivity contribution is -0.163. The number of carbonyl (C=O) groups is 2. The number of hydrogen-bond acceptors (Lipinski definition) is 5. The van der Waals surface area contributed by atoms with E-state index in [0.717, 1.165) is 70.6 Å². The van der Waals surface area contributed by atoms with Gasteiger partial charge in [-0.1, -0.05) is 173 Å². The zero-order chi connectivity index (χ0) is 35.0. The molecule has 0 aromatic carbocycles. The SMILES string of the molecule is CC/C=C\C/C=C\C/C=C\CCCCCCCCCC(=O)OCC(COCCCCCCCCCCCC)OC(=O)CCCCCCC. The maximum absolute atomic E-state index is 12.5. The molecule has 0 rings (SSSR count). The number of esters is 2. The van der Waals surface area contributed by atoms with Crippen molar-refractivity contribution in [1.29, 1.82) is 0 Å². The molecule has 1 unspecified atom stereocenters. The summed E-state index contributed by atoms with van der Waals surface area (Å²) in [5.74, 6) is -0.418. The maximum Gasteiger partial charge on any atom is 0.306 e. The molecule has 0 fully saturated rings. The van der Waals surface area contributed by atoms with Crippen LogP contribution in [0.25, 0.3) is 0 Å². The lowest BCUT2D eigenvalue weighted by Crippen LogP contribution is -2.30. The molecule has 0 saturated heterocycles. The van der Waals surface area contributed by atoms with Gasteiger partial charge in [0.1, 0.15) is 6.61 Å². The molecule has 0 aliphatic rings. The Bertz CT molecular complexity index is 771. The van der Waals surface area contributed by atoms with Gasteiger partial charge >= 0.3 is 11.9 Å². The van der Waals surface area contributed by atoms with Gasteiger partial charge in [-0.05, 0) is 51.4 Å². The van der Waals surface area contributed by atoms with Crippen molar-refractivity contribution < 1.29 is 23.8 Å². The second-order valence-electron chi connectivity index (χ2n) is 13.5. The van der Waals surface area contributed by atoms with Crippen molar-refractivity contribution in [3.05, 3.63) is 36.5 Å². The molecule has 0 amide bonds. The molecule has 5 heteroatoms. The van der Waals surface area contributed by atoms with Gasteiger partial charge in [-0.2, -0.15) is 0 Å². The highest BCUT2D eigenvalue weighted by atomic mass is 16.6. The van der Waals surface area contributed by atoms with E-state index >= 15 is 0 Å². The first-order chi connectivity index (χ1) is 23.6. The summed E-state index contributed by atoms with van der Waals surface area (Å²) in [6.45, 7) is 7.63. The average Bonchev–Trinajstić information content (AvgIpc) is 3.08. The van der Waals surface area contributed by atoms with E-state index in [9.17, 15) is 9.59 Å². The third kappa shape index (κ3) is 36.9. The fourth-order valence-corrected chi connectivity index (χ4v) is 5.64. The van der Waals surface area contributed by atoms with Crippen LogP contribution in [-0.4, -0.2) is 37.9 Å². The zero-order valence-electron chi connectivity index (χ0n) is 32.0. The maximum atomic E-state index is 12.5. The van der Waals surface area contributed by atoms with Gasteiger partial charge in [0, 0.05) is 19.4 Å². The fourth-order valence-electron chi connectivity index (χ4n) is 5.64. The Kier molecular flexibility index (Phi) is 38.0. The van der Waals surface area contributed by atoms with Crippen LogP contribution in [0.5, 0.6) is 0 Å². The van der Waals surface area contributed by atoms with Gasteiger partial charge in [0.25, 0.3) is 0 Å². The first-order valence-electron chi connectivity index (χ1n) is 20.5. The van der Waals surface area contributed by atoms with Crippen LogP contribution < -0.4 is 0 Å². The Morgan fingerprint density at radius 2 is 0.938 bits per heavy atom. The monoisotopic (exact) mass is 675 g/mol. The predicted octanol–water partition coefficient (Wildman–Crippen LogP) is 13.1. The molecular weight excluding hydrogens is 596 g/mol. The smallest absolute Gasteiger partial charge is 0.306 e. The Labute approximate surface area is 298 Å². The van der Waals surface area contributed by atoms with Crippen molar-refractivity contribution in [2.24, 2.45) is 0 Å². The van der Waals surface area contributed by atoms with Crippen LogP contribution in [0.3, 0.4) is 0 Å². The summed E-state index contributed by atoms with van der Waals surface area (Å²) in [5, 5.41) is 0. The van der Waals surface area contributed by atoms with Gasteiger partial charge in [0.15, 0.2) is 6.10 Å². The van der Waals surface area contributed by atoms with Crippen LogP contribution in [0, 0.1) is 0 Å². The minimum atomic E-state index is -0.528. The van der Waals surface area contributed by atoms with E-state index in [1.807, 2.05) is 0 Å². The summed E-state index contributed by atoms with van der Waals surface area (Å²) in [7, 11) is 0. The topological polar surface area (TPSA) is 61.8 Å². The number of unbranched alkanes of at least 4 members (excludes halogenated alkanes) is 20. The van der Waals surface area contributed by atoms with Crippen molar-refractivity contribution in [2.75, 3.05) is 19.8 Å². The Morgan fingerprint density at radius 1 is 0.479 bits per heavy atom. The van der Waals surface area contributed by atoms with Gasteiger partial charge in [0.2, 0.25) is 0 Å². The van der Waals surface area contributed by atoms with Crippen molar-refractivity contribution >= 4 is 11.9 Å². The summed E-state index contributed by atoms with van der Waals surface area (Å²) in [4.78, 5) is 24.9. The third-order valence-corrected chi connectivity index (χ3v) is 8.69. The van der Waals surface area contributed by atoms with E-state index < -0.39 is 6.10 Å². The van der Waals surface area contributed by atoms with Crippen LogP contribution in [0.2, 0.25) is 0 Å². The van der Waals surface area contributed by atoms with E-state index in [1.54, 1.807) is 0 Å². The summed E-state index contributed by atoms with van der Waals surface area (Å²) < 4.78 is 17.1. The lowest BCUT2D eigenvalue weighted by Gasteiger charge is -2.18. The Hall–Kier alpha value is -1.88. The first kappa shape index (κ1) is 46.1. The fraction of sp³-hybridized carbons (Fsp3) is 0.814. The van der Waals surface area contributed by atoms with Crippen molar-refractivity contribution in [3.8, 4) is 0 Å². The molecule has 0 aliphatic carbocycles. The number of carbonyl (C=O) groups excluding carboxylic acids is 2. The highest BCUT2D eigenvalue weighted by Crippen LogP contribution is 2.13. The second-order valence-corrected chi connectivity index (χ2v) is 13.5. The number of hydrogen-bond donors (Lipinski definition) is 0. The summed E-state index contributed by atoms with van der Waals surface area (Å²) in [5.41, 5.74) is 0. The first-order valence-corrected chi connectivity index (χ1v) is 20.5. The molecule has 0 heterocycles. The molecule has 0 spiro atoms. The van der Waals surface area contributed by atoms with Gasteiger partial charge in [-0.3, -0.25) is 9.59 Å². The van der Waals surface area contributed by atoms with E-state index in [1.165, 1.54) is 96.3 Å². The summed E-state index contributed by atoms with van der Waals surface area (Å²) in [6.07, 6.45) is 44.4. The number of rotatable bonds is 37. The van der Waals surface area contributed by atoms with Gasteiger partial charge in [0.05, 0.1) is 6.61 Å². The van der Waals surface area contributed by atoms with Gasteiger partial charge in [-0.15, -0.1) is 0 Å². The average molecular weight is 675 g/mol. The summed E-state index contributed by atoms with van der Waals surface area (Å²) >= 11 is 0. The Morgan fingerprint density at radius 3 is 1.50 bits per heavy atom. The molecule has 0 N–H and O–H groups in total. The Balaban J connectivity index is 4.06. The van der Waals surface area contributed by atoms with Gasteiger partial charge in [-0.25, -0.2) is 0 Å². The molecular formula is C43H78O5. The molecule has 0 aliphatic heterocycles. The minimum absolute atomic E-state index is 0.0828. The molecule has 0 aromatic rings. The number of ether oxygens (including phenoxy) is 3. The zero-order valence-corrected chi connectivity index (χ0v) is 32.0. The highest BCUT2D eigenvalue weighted by Gasteiger charge is 2.17. The van der Waals surface area contributed by atoms with E-state index in [0.29, 0.717) is 19.4 Å². The molecule has 48 heavy (non-hydrogen) atoms. The third-order valence-electron chi connectivity index (χ3n) is 8.69. The molecule has 0 saturated carbocycles. The van der Waals surface area contributed by atoms with E-state index in [2.05, 4.69) is 57.2 Å². The lowest BCUT2D eigenvalue weighted by atomic mass is 10.1. The largest absolute Gasteiger partial charge is 0.462 e. The highest BCUT2D eigenvalue weighted by molar-refractivity contribution is 5.70. The molecule has 0 bridgehead atoms. The molecule has 5 nitrogen and oxygen atoms in total. The van der Waals surface area contributed by atoms with Crippen molar-refractivity contribution in [3.63, 3.8) is 0 Å². The van der Waals surface area contributed by atoms with E-state index in [4.69, 9.17) is 14.2 Å². The predicted molar refractivity (Wildman–Crippen MR) is 205 cm³/mol. The van der Waals surface area contributed by atoms with Crippen LogP contribution in [-0.2, 0) is 23.8 Å². The van der Waals surface area contributed by atoms with Crippen molar-refractivity contribution in [2.45, 2.75) is 207 Å². The van der Waals surface area contributed by atoms with Gasteiger partial charge < -0.3 is 14.2 Å². The van der Waals surface area contributed by atoms with Crippen molar-refractivity contribution in [1.82, 2.24) is 0 Å². The molecule has 0 radical (unpaired) electrons. The molecule has 280 valence electrons. The van der Waals surface area contributed by atoms with Crippen LogP contribution >= 0.6 is 0 Å². The summed E-state index contributed by atoms with van der Waals surface area (Å²) in [6, 6.07) is 0. The van der Waals surface area contributed by atoms with Crippen LogP contribution in [0.15, 0.2) is 36.5 Å².